The largest absolute Gasteiger partial charge is 0.507 e. The van der Waals surface area contributed by atoms with Gasteiger partial charge in [0.25, 0.3) is 0 Å². The molecule has 0 heterocycles. The van der Waals surface area contributed by atoms with Crippen molar-refractivity contribution in [2.75, 3.05) is 0 Å². The van der Waals surface area contributed by atoms with Gasteiger partial charge in [0.1, 0.15) is 5.75 Å². The average molecular weight is 538 g/mol. The lowest BCUT2D eigenvalue weighted by Crippen LogP contribution is -2.71. The minimum Gasteiger partial charge on any atom is -0.507 e. The number of carbonyl (C=O) groups is 5. The molecule has 39 heavy (non-hydrogen) atoms. The van der Waals surface area contributed by atoms with E-state index in [2.05, 4.69) is 0 Å². The number of amides is 1. The first-order chi connectivity index (χ1) is 18.0. The average Bonchev–Trinajstić information content (AvgIpc) is 2.80. The highest BCUT2D eigenvalue weighted by Gasteiger charge is 2.69. The second kappa shape index (κ2) is 9.51. The molecule has 0 bridgehead atoms. The Bertz CT molecular complexity index is 1330. The maximum absolute atomic E-state index is 14.1. The lowest BCUT2D eigenvalue weighted by molar-refractivity contribution is -0.182. The van der Waals surface area contributed by atoms with Crippen molar-refractivity contribution in [1.82, 2.24) is 0 Å². The lowest BCUT2D eigenvalue weighted by Gasteiger charge is -2.52. The minimum atomic E-state index is -2.69. The van der Waals surface area contributed by atoms with E-state index in [4.69, 9.17) is 5.73 Å². The van der Waals surface area contributed by atoms with Crippen LogP contribution in [0, 0.1) is 35.5 Å². The van der Waals surface area contributed by atoms with Crippen LogP contribution in [0.4, 0.5) is 0 Å². The number of fused-ring (bicyclic) bond motifs is 3. The molecule has 3 aliphatic rings. The first kappa shape index (κ1) is 28.9. The number of hydrogen-bond donors (Lipinski definition) is 3. The number of ketones is 4. The molecule has 1 amide bonds. The Balaban J connectivity index is 1.95. The third-order valence-electron chi connectivity index (χ3n) is 9.06. The molecular formula is C31H39NO7. The predicted molar refractivity (Wildman–Crippen MR) is 145 cm³/mol. The fourth-order valence-electron chi connectivity index (χ4n) is 7.26. The van der Waals surface area contributed by atoms with E-state index in [1.807, 2.05) is 46.8 Å². The van der Waals surface area contributed by atoms with Crippen molar-refractivity contribution in [3.8, 4) is 5.75 Å². The van der Waals surface area contributed by atoms with Crippen molar-refractivity contribution in [3.05, 3.63) is 34.4 Å². The smallest absolute Gasteiger partial charge is 0.235 e. The summed E-state index contributed by atoms with van der Waals surface area (Å²) < 4.78 is 0. The van der Waals surface area contributed by atoms with Gasteiger partial charge in [-0.3, -0.25) is 24.0 Å². The van der Waals surface area contributed by atoms with E-state index in [0.29, 0.717) is 11.1 Å². The van der Waals surface area contributed by atoms with E-state index >= 15 is 0 Å². The topological polar surface area (TPSA) is 152 Å². The highest BCUT2D eigenvalue weighted by Crippen LogP contribution is 2.54. The van der Waals surface area contributed by atoms with Crippen LogP contribution in [0.3, 0.4) is 0 Å². The molecule has 0 aliphatic heterocycles. The molecule has 0 radical (unpaired) electrons. The second-order valence-corrected chi connectivity index (χ2v) is 12.9. The molecule has 210 valence electrons. The summed E-state index contributed by atoms with van der Waals surface area (Å²) in [7, 11) is 0. The van der Waals surface area contributed by atoms with Crippen LogP contribution < -0.4 is 5.73 Å². The van der Waals surface area contributed by atoms with Crippen molar-refractivity contribution in [1.29, 1.82) is 0 Å². The standard InChI is InChI=1S/C31H39NO7/c1-8-9-14(4)16-12-19(30(5,6)7)24(33)22-17(16)10-15-11-18-20(13(2)3)25(34)23(29(32)38)28(37)31(18,39)27(36)21(15)26(22)35/h9,12-13,15,18,20-21,23,33,39H,8,10-11H2,1-7H3,(H2,32,38)/t15-,18-,20-,21?,23?,31-/m0/s1. The number of allylic oxidation sites excluding steroid dienone is 2. The number of hydrogen-bond acceptors (Lipinski definition) is 7. The number of Topliss-reactive ketones (excluding diaryl/α,β-unsaturated/α-hetero) is 4. The van der Waals surface area contributed by atoms with Crippen molar-refractivity contribution < 1.29 is 34.2 Å². The third-order valence-corrected chi connectivity index (χ3v) is 9.06. The van der Waals surface area contributed by atoms with Crippen LogP contribution in [0.5, 0.6) is 5.75 Å². The van der Waals surface area contributed by atoms with Crippen molar-refractivity contribution in [2.24, 2.45) is 41.2 Å². The van der Waals surface area contributed by atoms with Crippen molar-refractivity contribution >= 4 is 34.6 Å². The summed E-state index contributed by atoms with van der Waals surface area (Å²) in [5.74, 6) is -11.3. The summed E-state index contributed by atoms with van der Waals surface area (Å²) in [5.41, 5.74) is 5.19. The molecular weight excluding hydrogens is 498 g/mol. The van der Waals surface area contributed by atoms with Gasteiger partial charge in [-0.1, -0.05) is 47.6 Å². The number of carbonyl (C=O) groups excluding carboxylic acids is 5. The van der Waals surface area contributed by atoms with Crippen molar-refractivity contribution in [3.63, 3.8) is 0 Å². The molecule has 0 spiro atoms. The summed E-state index contributed by atoms with van der Waals surface area (Å²) >= 11 is 0. The second-order valence-electron chi connectivity index (χ2n) is 12.9. The maximum atomic E-state index is 14.1. The van der Waals surface area contributed by atoms with E-state index < -0.39 is 69.6 Å². The molecule has 1 aromatic carbocycles. The highest BCUT2D eigenvalue weighted by molar-refractivity contribution is 6.32. The Morgan fingerprint density at radius 2 is 1.79 bits per heavy atom. The number of phenolic OH excluding ortho intramolecular Hbond substituents is 1. The van der Waals surface area contributed by atoms with E-state index in [1.165, 1.54) is 0 Å². The van der Waals surface area contributed by atoms with E-state index in [1.54, 1.807) is 13.8 Å². The van der Waals surface area contributed by atoms with Crippen LogP contribution in [-0.4, -0.2) is 44.9 Å². The normalized spacial score (nSPS) is 31.2. The molecule has 4 N–H and O–H groups in total. The molecule has 2 fully saturated rings. The molecule has 6 atom stereocenters. The first-order valence-electron chi connectivity index (χ1n) is 13.7. The predicted octanol–water partition coefficient (Wildman–Crippen LogP) is 3.32. The molecule has 2 unspecified atom stereocenters. The zero-order valence-electron chi connectivity index (χ0n) is 23.8. The summed E-state index contributed by atoms with van der Waals surface area (Å²) in [6.45, 7) is 13.2. The Kier molecular flexibility index (Phi) is 7.04. The minimum absolute atomic E-state index is 0.0455. The fraction of sp³-hybridized carbons (Fsp3) is 0.581. The number of benzene rings is 1. The summed E-state index contributed by atoms with van der Waals surface area (Å²) in [6, 6.07) is 1.91. The number of primary amides is 1. The summed E-state index contributed by atoms with van der Waals surface area (Å²) in [6.07, 6.45) is 3.14. The molecule has 3 aliphatic carbocycles. The number of aliphatic hydroxyl groups is 1. The molecule has 0 saturated heterocycles. The number of phenols is 1. The van der Waals surface area contributed by atoms with Crippen LogP contribution in [-0.2, 0) is 31.0 Å². The monoisotopic (exact) mass is 537 g/mol. The van der Waals surface area contributed by atoms with Gasteiger partial charge in [0.15, 0.2) is 34.7 Å². The molecule has 8 nitrogen and oxygen atoms in total. The number of rotatable bonds is 4. The molecule has 0 aromatic heterocycles. The first-order valence-corrected chi connectivity index (χ1v) is 13.7. The zero-order valence-corrected chi connectivity index (χ0v) is 23.8. The molecule has 1 aromatic rings. The summed E-state index contributed by atoms with van der Waals surface area (Å²) in [5, 5.41) is 23.2. The summed E-state index contributed by atoms with van der Waals surface area (Å²) in [4.78, 5) is 67.1. The lowest BCUT2D eigenvalue weighted by atomic mass is 9.49. The third kappa shape index (κ3) is 4.10. The van der Waals surface area contributed by atoms with Crippen molar-refractivity contribution in [2.45, 2.75) is 78.7 Å². The van der Waals surface area contributed by atoms with Gasteiger partial charge in [-0.05, 0) is 66.2 Å². The van der Waals surface area contributed by atoms with Gasteiger partial charge in [-0.25, -0.2) is 0 Å². The van der Waals surface area contributed by atoms with E-state index in [0.717, 1.165) is 17.6 Å². The number of nitrogens with two attached hydrogens (primary N) is 1. The van der Waals surface area contributed by atoms with Gasteiger partial charge in [0.05, 0.1) is 11.5 Å². The van der Waals surface area contributed by atoms with E-state index in [9.17, 15) is 34.2 Å². The Labute approximate surface area is 229 Å². The van der Waals surface area contributed by atoms with Gasteiger partial charge < -0.3 is 15.9 Å². The molecule has 4 rings (SSSR count). The van der Waals surface area contributed by atoms with Gasteiger partial charge in [0.2, 0.25) is 5.91 Å². The van der Waals surface area contributed by atoms with Crippen LogP contribution in [0.15, 0.2) is 12.1 Å². The highest BCUT2D eigenvalue weighted by atomic mass is 16.3. The van der Waals surface area contributed by atoms with Gasteiger partial charge in [-0.2, -0.15) is 0 Å². The number of aromatic hydroxyl groups is 1. The van der Waals surface area contributed by atoms with Crippen LogP contribution in [0.2, 0.25) is 0 Å². The fourth-order valence-corrected chi connectivity index (χ4v) is 7.26. The molecule has 2 saturated carbocycles. The quantitative estimate of drug-likeness (QED) is 0.498. The van der Waals surface area contributed by atoms with Crippen LogP contribution in [0.25, 0.3) is 5.57 Å². The van der Waals surface area contributed by atoms with Gasteiger partial charge in [-0.15, -0.1) is 0 Å². The van der Waals surface area contributed by atoms with Crippen LogP contribution >= 0.6 is 0 Å². The SMILES string of the molecule is CCC=C(C)c1cc(C(C)(C)C)c(O)c2c1C[C@H]1C[C@H]3[C@H](C(C)C)C(=O)C(C(N)=O)C(=O)[C@@]3(O)C(=O)C1C2=O. The van der Waals surface area contributed by atoms with Crippen LogP contribution in [0.1, 0.15) is 88.4 Å². The Morgan fingerprint density at radius 3 is 2.31 bits per heavy atom. The van der Waals surface area contributed by atoms with Gasteiger partial charge >= 0.3 is 0 Å². The Morgan fingerprint density at radius 1 is 1.18 bits per heavy atom. The van der Waals surface area contributed by atoms with Gasteiger partial charge in [0, 0.05) is 17.4 Å². The Hall–Kier alpha value is -3.13. The molecule has 8 heteroatoms. The van der Waals surface area contributed by atoms with E-state index in [-0.39, 0.29) is 30.1 Å². The maximum Gasteiger partial charge on any atom is 0.235 e. The zero-order chi connectivity index (χ0) is 29.4.